The highest BCUT2D eigenvalue weighted by Crippen LogP contribution is 2.28. The molecule has 0 amide bonds. The van der Waals surface area contributed by atoms with E-state index < -0.39 is 6.08 Å². The number of nitrogens with zero attached hydrogens (tertiary/aromatic N) is 5. The van der Waals surface area contributed by atoms with Crippen molar-refractivity contribution in [3.05, 3.63) is 53.7 Å². The zero-order chi connectivity index (χ0) is 21.8. The molecule has 0 aliphatic carbocycles. The number of hydrogen-bond acceptors (Lipinski definition) is 7. The lowest BCUT2D eigenvalue weighted by Gasteiger charge is -2.29. The van der Waals surface area contributed by atoms with Crippen molar-refractivity contribution >= 4 is 17.8 Å². The van der Waals surface area contributed by atoms with E-state index in [1.54, 1.807) is 11.3 Å². The molecule has 9 heteroatoms. The second-order valence-electron chi connectivity index (χ2n) is 7.73. The Balaban J connectivity index is 1.48. The summed E-state index contributed by atoms with van der Waals surface area (Å²) in [7, 11) is 0. The largest absolute Gasteiger partial charge is 0.369 e. The van der Waals surface area contributed by atoms with Gasteiger partial charge in [-0.2, -0.15) is 13.9 Å². The number of piperazine rings is 1. The van der Waals surface area contributed by atoms with Gasteiger partial charge >= 0.3 is 0 Å². The second kappa shape index (κ2) is 9.40. The average Bonchev–Trinajstić information content (AvgIpc) is 3.26. The molecule has 3 heterocycles. The minimum Gasteiger partial charge on any atom is -0.369 e. The lowest BCUT2D eigenvalue weighted by molar-refractivity contribution is 0.326. The van der Waals surface area contributed by atoms with Gasteiger partial charge in [0, 0.05) is 55.7 Å². The number of nitrogens with two attached hydrogens (primary N) is 1. The number of aryl methyl sites for hydroxylation is 1. The van der Waals surface area contributed by atoms with Crippen LogP contribution in [0.2, 0.25) is 0 Å². The van der Waals surface area contributed by atoms with Gasteiger partial charge in [-0.05, 0) is 36.2 Å². The van der Waals surface area contributed by atoms with E-state index in [1.165, 1.54) is 5.69 Å². The van der Waals surface area contributed by atoms with E-state index in [-0.39, 0.29) is 18.7 Å². The molecule has 1 aromatic carbocycles. The zero-order valence-corrected chi connectivity index (χ0v) is 17.6. The van der Waals surface area contributed by atoms with E-state index >= 15 is 0 Å². The Hall–Kier alpha value is -3.04. The molecule has 0 saturated carbocycles. The third kappa shape index (κ3) is 4.83. The van der Waals surface area contributed by atoms with Crippen molar-refractivity contribution in [3.63, 3.8) is 0 Å². The van der Waals surface area contributed by atoms with Crippen LogP contribution in [-0.2, 0) is 0 Å². The third-order valence-corrected chi connectivity index (χ3v) is 5.54. The van der Waals surface area contributed by atoms with Crippen LogP contribution in [0.15, 0.2) is 53.3 Å². The first-order valence-corrected chi connectivity index (χ1v) is 10.4. The lowest BCUT2D eigenvalue weighted by atomic mass is 10.0. The second-order valence-corrected chi connectivity index (χ2v) is 7.73. The highest BCUT2D eigenvalue weighted by Gasteiger charge is 2.20. The van der Waals surface area contributed by atoms with Crippen molar-refractivity contribution < 1.29 is 8.78 Å². The summed E-state index contributed by atoms with van der Waals surface area (Å²) in [6.45, 7) is 6.14. The van der Waals surface area contributed by atoms with Crippen LogP contribution in [0.5, 0.6) is 0 Å². The Labute approximate surface area is 180 Å². The molecule has 4 rings (SSSR count). The van der Waals surface area contributed by atoms with Crippen LogP contribution in [0, 0.1) is 6.92 Å². The predicted molar refractivity (Wildman–Crippen MR) is 120 cm³/mol. The van der Waals surface area contributed by atoms with Crippen LogP contribution >= 0.6 is 0 Å². The molecule has 3 N–H and O–H groups in total. The van der Waals surface area contributed by atoms with E-state index in [4.69, 9.17) is 5.73 Å². The quantitative estimate of drug-likeness (QED) is 0.738. The topological polar surface area (TPSA) is 73.0 Å². The molecule has 1 fully saturated rings. The van der Waals surface area contributed by atoms with Crippen LogP contribution in [0.25, 0.3) is 11.1 Å². The van der Waals surface area contributed by atoms with Crippen molar-refractivity contribution in [1.82, 2.24) is 15.3 Å². The first-order valence-electron chi connectivity index (χ1n) is 10.4. The number of pyridine rings is 1. The number of rotatable bonds is 6. The molecule has 2 aliphatic rings. The summed E-state index contributed by atoms with van der Waals surface area (Å²) < 4.78 is 25.8. The molecule has 7 nitrogen and oxygen atoms in total. The van der Waals surface area contributed by atoms with E-state index in [9.17, 15) is 8.78 Å². The van der Waals surface area contributed by atoms with Crippen molar-refractivity contribution in [1.29, 1.82) is 0 Å². The van der Waals surface area contributed by atoms with Crippen molar-refractivity contribution in [2.75, 3.05) is 55.7 Å². The first-order chi connectivity index (χ1) is 15.0. The van der Waals surface area contributed by atoms with Gasteiger partial charge < -0.3 is 16.0 Å². The maximum absolute atomic E-state index is 12.9. The molecule has 31 heavy (non-hydrogen) atoms. The van der Waals surface area contributed by atoms with Gasteiger partial charge in [0.1, 0.15) is 18.8 Å². The number of hydrogen-bond donors (Lipinski definition) is 2. The zero-order valence-electron chi connectivity index (χ0n) is 17.6. The third-order valence-electron chi connectivity index (χ3n) is 5.54. The number of hydrazone groups is 1. The van der Waals surface area contributed by atoms with Gasteiger partial charge in [0.2, 0.25) is 0 Å². The standard InChI is InChI=1S/C22H27F2N7/c1-16-9-18(17-3-2-4-20(10-17)29-7-5-26-6-8-29)12-27-22(16)30-14-28-31(15-30)13-19(11-25)21(23)24/h2-4,9-10,12,14,26H,5-8,11,13,15,25H2,1H3. The van der Waals surface area contributed by atoms with Crippen LogP contribution in [0.4, 0.5) is 20.3 Å². The molecular formula is C22H27F2N7. The van der Waals surface area contributed by atoms with Crippen LogP contribution in [-0.4, -0.2) is 62.3 Å². The van der Waals surface area contributed by atoms with E-state index in [2.05, 4.69) is 50.6 Å². The monoisotopic (exact) mass is 427 g/mol. The molecule has 0 atom stereocenters. The summed E-state index contributed by atoms with van der Waals surface area (Å²) in [5, 5.41) is 9.14. The summed E-state index contributed by atoms with van der Waals surface area (Å²) in [4.78, 5) is 8.88. The van der Waals surface area contributed by atoms with Gasteiger partial charge in [-0.15, -0.1) is 0 Å². The van der Waals surface area contributed by atoms with Crippen LogP contribution < -0.4 is 20.9 Å². The summed E-state index contributed by atoms with van der Waals surface area (Å²) >= 11 is 0. The highest BCUT2D eigenvalue weighted by molar-refractivity contribution is 5.81. The fourth-order valence-electron chi connectivity index (χ4n) is 3.85. The van der Waals surface area contributed by atoms with E-state index in [0.717, 1.165) is 48.7 Å². The Morgan fingerprint density at radius 3 is 2.68 bits per heavy atom. The first kappa shape index (κ1) is 21.2. The van der Waals surface area contributed by atoms with E-state index in [0.29, 0.717) is 6.67 Å². The smallest absolute Gasteiger partial charge is 0.272 e. The Bertz CT molecular complexity index is 982. The normalized spacial score (nSPS) is 16.2. The van der Waals surface area contributed by atoms with Gasteiger partial charge in [0.15, 0.2) is 0 Å². The fourth-order valence-corrected chi connectivity index (χ4v) is 3.85. The molecule has 2 aromatic rings. The Kier molecular flexibility index (Phi) is 6.43. The van der Waals surface area contributed by atoms with E-state index in [1.807, 2.05) is 18.0 Å². The number of halogens is 2. The van der Waals surface area contributed by atoms with Crippen molar-refractivity contribution in [2.45, 2.75) is 6.92 Å². The van der Waals surface area contributed by atoms with Gasteiger partial charge in [-0.3, -0.25) is 9.91 Å². The van der Waals surface area contributed by atoms with Gasteiger partial charge in [0.25, 0.3) is 6.08 Å². The van der Waals surface area contributed by atoms with Crippen molar-refractivity contribution in [2.24, 2.45) is 10.8 Å². The Morgan fingerprint density at radius 2 is 1.97 bits per heavy atom. The fraction of sp³-hybridized carbons (Fsp3) is 0.364. The molecular weight excluding hydrogens is 400 g/mol. The maximum Gasteiger partial charge on any atom is 0.272 e. The van der Waals surface area contributed by atoms with Crippen LogP contribution in [0.1, 0.15) is 5.56 Å². The van der Waals surface area contributed by atoms with Crippen LogP contribution in [0.3, 0.4) is 0 Å². The minimum absolute atomic E-state index is 0.00176. The predicted octanol–water partition coefficient (Wildman–Crippen LogP) is 2.60. The van der Waals surface area contributed by atoms with Gasteiger partial charge in [-0.25, -0.2) is 4.98 Å². The minimum atomic E-state index is -1.74. The molecule has 0 bridgehead atoms. The molecule has 2 aliphatic heterocycles. The summed E-state index contributed by atoms with van der Waals surface area (Å²) in [6, 6.07) is 10.6. The molecule has 1 saturated heterocycles. The number of nitrogens with one attached hydrogen (secondary N) is 1. The summed E-state index contributed by atoms with van der Waals surface area (Å²) in [5.41, 5.74) is 9.66. The highest BCUT2D eigenvalue weighted by atomic mass is 19.3. The molecule has 0 radical (unpaired) electrons. The Morgan fingerprint density at radius 1 is 1.16 bits per heavy atom. The molecule has 164 valence electrons. The summed E-state index contributed by atoms with van der Waals surface area (Å²) in [6.07, 6.45) is 1.73. The molecule has 1 aromatic heterocycles. The summed E-state index contributed by atoms with van der Waals surface area (Å²) in [5.74, 6) is 0.757. The maximum atomic E-state index is 12.9. The average molecular weight is 428 g/mol. The van der Waals surface area contributed by atoms with Gasteiger partial charge in [0.05, 0.1) is 6.54 Å². The SMILES string of the molecule is Cc1cc(-c2cccc(N3CCNCC3)c2)cnc1N1C=NN(CC(CN)=C(F)F)C1. The number of anilines is 2. The molecule has 0 unspecified atom stereocenters. The van der Waals surface area contributed by atoms with Crippen molar-refractivity contribution in [3.8, 4) is 11.1 Å². The van der Waals surface area contributed by atoms with Gasteiger partial charge in [-0.1, -0.05) is 12.1 Å². The molecule has 0 spiro atoms. The number of aromatic nitrogens is 1. The lowest BCUT2D eigenvalue weighted by Crippen LogP contribution is -2.43. The number of benzene rings is 1.